The van der Waals surface area contributed by atoms with Crippen molar-refractivity contribution in [1.82, 2.24) is 9.88 Å². The molecule has 2 rings (SSSR count). The van der Waals surface area contributed by atoms with Gasteiger partial charge in [0, 0.05) is 18.4 Å². The average molecular weight is 338 g/mol. The van der Waals surface area contributed by atoms with Crippen LogP contribution in [0, 0.1) is 11.3 Å². The Hall–Kier alpha value is -1.27. The van der Waals surface area contributed by atoms with Crippen molar-refractivity contribution < 1.29 is 14.3 Å². The Morgan fingerprint density at radius 3 is 2.70 bits per heavy atom. The SMILES string of the molecule is CCOC(C)c1nc(CN2C(=O)CC(C)(CC(C)C)C2=O)cs1. The Kier molecular flexibility index (Phi) is 5.57. The number of nitrogens with zero attached hydrogens (tertiary/aromatic N) is 2. The molecule has 6 heteroatoms. The number of rotatable bonds is 7. The molecular formula is C17H26N2O3S. The zero-order chi connectivity index (χ0) is 17.2. The van der Waals surface area contributed by atoms with Crippen LogP contribution in [0.4, 0.5) is 0 Å². The maximum absolute atomic E-state index is 12.7. The van der Waals surface area contributed by atoms with E-state index in [1.807, 2.05) is 26.2 Å². The molecule has 0 bridgehead atoms. The van der Waals surface area contributed by atoms with E-state index in [0.717, 1.165) is 17.1 Å². The molecule has 0 spiro atoms. The fourth-order valence-electron chi connectivity index (χ4n) is 3.23. The van der Waals surface area contributed by atoms with E-state index in [1.165, 1.54) is 16.2 Å². The summed E-state index contributed by atoms with van der Waals surface area (Å²) >= 11 is 1.51. The summed E-state index contributed by atoms with van der Waals surface area (Å²) in [6, 6.07) is 0. The van der Waals surface area contributed by atoms with Gasteiger partial charge in [-0.25, -0.2) is 4.98 Å². The number of ether oxygens (including phenoxy) is 1. The summed E-state index contributed by atoms with van der Waals surface area (Å²) in [5.74, 6) is 0.226. The third-order valence-corrected chi connectivity index (χ3v) is 5.17. The molecule has 2 unspecified atom stereocenters. The van der Waals surface area contributed by atoms with Crippen molar-refractivity contribution in [3.63, 3.8) is 0 Å². The van der Waals surface area contributed by atoms with E-state index < -0.39 is 5.41 Å². The molecule has 128 valence electrons. The third-order valence-electron chi connectivity index (χ3n) is 4.12. The van der Waals surface area contributed by atoms with Crippen LogP contribution in [0.2, 0.25) is 0 Å². The summed E-state index contributed by atoms with van der Waals surface area (Å²) in [6.45, 7) is 10.9. The lowest BCUT2D eigenvalue weighted by atomic mass is 9.80. The Morgan fingerprint density at radius 1 is 1.39 bits per heavy atom. The highest BCUT2D eigenvalue weighted by molar-refractivity contribution is 7.09. The highest BCUT2D eigenvalue weighted by Crippen LogP contribution is 2.39. The first-order valence-electron chi connectivity index (χ1n) is 8.17. The van der Waals surface area contributed by atoms with Crippen LogP contribution in [0.25, 0.3) is 0 Å². The summed E-state index contributed by atoms with van der Waals surface area (Å²) in [7, 11) is 0. The molecule has 0 aliphatic carbocycles. The van der Waals surface area contributed by atoms with Crippen molar-refractivity contribution >= 4 is 23.2 Å². The fourth-order valence-corrected chi connectivity index (χ4v) is 4.04. The number of amides is 2. The summed E-state index contributed by atoms with van der Waals surface area (Å²) in [5, 5.41) is 2.79. The molecule has 0 aromatic carbocycles. The van der Waals surface area contributed by atoms with E-state index in [2.05, 4.69) is 18.8 Å². The predicted molar refractivity (Wildman–Crippen MR) is 89.9 cm³/mol. The Labute approximate surface area is 142 Å². The fraction of sp³-hybridized carbons (Fsp3) is 0.706. The number of hydrogen-bond acceptors (Lipinski definition) is 5. The van der Waals surface area contributed by atoms with Crippen LogP contribution in [0.1, 0.15) is 64.3 Å². The summed E-state index contributed by atoms with van der Waals surface area (Å²) in [6.07, 6.45) is 0.976. The van der Waals surface area contributed by atoms with Crippen LogP contribution in [-0.2, 0) is 20.9 Å². The number of aromatic nitrogens is 1. The van der Waals surface area contributed by atoms with Gasteiger partial charge in [0.05, 0.1) is 17.7 Å². The minimum absolute atomic E-state index is 0.0602. The number of thiazole rings is 1. The monoisotopic (exact) mass is 338 g/mol. The van der Waals surface area contributed by atoms with Crippen LogP contribution in [0.15, 0.2) is 5.38 Å². The summed E-state index contributed by atoms with van der Waals surface area (Å²) in [5.41, 5.74) is 0.190. The van der Waals surface area contributed by atoms with Gasteiger partial charge < -0.3 is 4.74 Å². The van der Waals surface area contributed by atoms with E-state index in [1.54, 1.807) is 0 Å². The molecule has 2 atom stereocenters. The van der Waals surface area contributed by atoms with Crippen molar-refractivity contribution in [3.8, 4) is 0 Å². The Bertz CT molecular complexity index is 584. The molecule has 1 fully saturated rings. The molecule has 0 radical (unpaired) electrons. The van der Waals surface area contributed by atoms with Crippen LogP contribution < -0.4 is 0 Å². The topological polar surface area (TPSA) is 59.5 Å². The molecular weight excluding hydrogens is 312 g/mol. The van der Waals surface area contributed by atoms with Gasteiger partial charge in [-0.05, 0) is 26.2 Å². The van der Waals surface area contributed by atoms with Gasteiger partial charge in [-0.3, -0.25) is 14.5 Å². The molecule has 5 nitrogen and oxygen atoms in total. The number of carbonyl (C=O) groups is 2. The van der Waals surface area contributed by atoms with Crippen molar-refractivity contribution in [3.05, 3.63) is 16.1 Å². The quantitative estimate of drug-likeness (QED) is 0.713. The second-order valence-corrected chi connectivity index (χ2v) is 7.78. The number of hydrogen-bond donors (Lipinski definition) is 0. The van der Waals surface area contributed by atoms with E-state index in [-0.39, 0.29) is 24.5 Å². The van der Waals surface area contributed by atoms with Crippen molar-refractivity contribution in [2.24, 2.45) is 11.3 Å². The standard InChI is InChI=1S/C17H26N2O3S/c1-6-22-12(4)15-18-13(10-23-15)9-19-14(20)8-17(5,16(19)21)7-11(2)3/h10-12H,6-9H2,1-5H3. The van der Waals surface area contributed by atoms with Crippen molar-refractivity contribution in [2.75, 3.05) is 6.61 Å². The average Bonchev–Trinajstić information content (AvgIpc) is 2.98. The zero-order valence-electron chi connectivity index (χ0n) is 14.6. The minimum Gasteiger partial charge on any atom is -0.372 e. The van der Waals surface area contributed by atoms with Gasteiger partial charge in [-0.15, -0.1) is 11.3 Å². The molecule has 2 amide bonds. The van der Waals surface area contributed by atoms with E-state index in [4.69, 9.17) is 4.74 Å². The highest BCUT2D eigenvalue weighted by Gasteiger charge is 2.48. The molecule has 1 aromatic heterocycles. The van der Waals surface area contributed by atoms with E-state index in [9.17, 15) is 9.59 Å². The van der Waals surface area contributed by atoms with E-state index in [0.29, 0.717) is 18.9 Å². The minimum atomic E-state index is -0.567. The van der Waals surface area contributed by atoms with Gasteiger partial charge in [0.15, 0.2) is 0 Å². The largest absolute Gasteiger partial charge is 0.372 e. The molecule has 1 aromatic rings. The maximum Gasteiger partial charge on any atom is 0.236 e. The summed E-state index contributed by atoms with van der Waals surface area (Å²) < 4.78 is 5.53. The molecule has 2 heterocycles. The first kappa shape index (κ1) is 18.1. The maximum atomic E-state index is 12.7. The van der Waals surface area contributed by atoms with Crippen LogP contribution in [0.3, 0.4) is 0 Å². The first-order valence-corrected chi connectivity index (χ1v) is 9.05. The lowest BCUT2D eigenvalue weighted by Crippen LogP contribution is -2.34. The second-order valence-electron chi connectivity index (χ2n) is 6.90. The molecule has 1 aliphatic heterocycles. The van der Waals surface area contributed by atoms with Crippen molar-refractivity contribution in [1.29, 1.82) is 0 Å². The van der Waals surface area contributed by atoms with Gasteiger partial charge in [0.2, 0.25) is 11.8 Å². The number of likely N-dealkylation sites (tertiary alicyclic amines) is 1. The predicted octanol–water partition coefficient (Wildman–Crippen LogP) is 3.55. The van der Waals surface area contributed by atoms with Gasteiger partial charge in [0.1, 0.15) is 11.1 Å². The van der Waals surface area contributed by atoms with Gasteiger partial charge in [-0.1, -0.05) is 20.8 Å². The molecule has 23 heavy (non-hydrogen) atoms. The number of imide groups is 1. The molecule has 0 saturated carbocycles. The summed E-state index contributed by atoms with van der Waals surface area (Å²) in [4.78, 5) is 30.8. The highest BCUT2D eigenvalue weighted by atomic mass is 32.1. The smallest absolute Gasteiger partial charge is 0.236 e. The second kappa shape index (κ2) is 7.09. The third kappa shape index (κ3) is 3.98. The van der Waals surface area contributed by atoms with Gasteiger partial charge in [0.25, 0.3) is 0 Å². The Balaban J connectivity index is 2.08. The Morgan fingerprint density at radius 2 is 2.09 bits per heavy atom. The molecule has 1 saturated heterocycles. The van der Waals surface area contributed by atoms with E-state index >= 15 is 0 Å². The van der Waals surface area contributed by atoms with Gasteiger partial charge in [-0.2, -0.15) is 0 Å². The zero-order valence-corrected chi connectivity index (χ0v) is 15.4. The first-order chi connectivity index (χ1) is 10.8. The lowest BCUT2D eigenvalue weighted by molar-refractivity contribution is -0.142. The van der Waals surface area contributed by atoms with Crippen LogP contribution in [0.5, 0.6) is 0 Å². The number of carbonyl (C=O) groups excluding carboxylic acids is 2. The van der Waals surface area contributed by atoms with Crippen molar-refractivity contribution in [2.45, 2.75) is 60.1 Å². The molecule has 0 N–H and O–H groups in total. The normalized spacial score (nSPS) is 23.1. The van der Waals surface area contributed by atoms with Crippen LogP contribution in [-0.4, -0.2) is 28.3 Å². The lowest BCUT2D eigenvalue weighted by Gasteiger charge is -2.23. The molecule has 1 aliphatic rings. The van der Waals surface area contributed by atoms with Crippen LogP contribution >= 0.6 is 11.3 Å². The van der Waals surface area contributed by atoms with Gasteiger partial charge >= 0.3 is 0 Å².